The summed E-state index contributed by atoms with van der Waals surface area (Å²) in [6.45, 7) is 10.6. The van der Waals surface area contributed by atoms with Crippen molar-refractivity contribution in [2.75, 3.05) is 5.32 Å². The molecule has 0 aliphatic carbocycles. The van der Waals surface area contributed by atoms with Crippen molar-refractivity contribution in [3.8, 4) is 0 Å². The van der Waals surface area contributed by atoms with Crippen LogP contribution in [0, 0.1) is 13.8 Å². The van der Waals surface area contributed by atoms with Crippen LogP contribution in [0.25, 0.3) is 0 Å². The molecule has 0 amide bonds. The van der Waals surface area contributed by atoms with Crippen molar-refractivity contribution in [2.24, 2.45) is 0 Å². The topological polar surface area (TPSA) is 29.1 Å². The van der Waals surface area contributed by atoms with E-state index in [0.29, 0.717) is 5.56 Å². The molecule has 0 spiro atoms. The van der Waals surface area contributed by atoms with Crippen molar-refractivity contribution in [2.45, 2.75) is 40.0 Å². The number of aryl methyl sites for hydroxylation is 2. The number of benzene rings is 2. The first-order valence-electron chi connectivity index (χ1n) is 7.92. The highest BCUT2D eigenvalue weighted by Gasteiger charge is 2.13. The molecule has 0 saturated heterocycles. The summed E-state index contributed by atoms with van der Waals surface area (Å²) in [6, 6.07) is 14.1. The van der Waals surface area contributed by atoms with Gasteiger partial charge < -0.3 is 5.32 Å². The maximum absolute atomic E-state index is 12.2. The van der Waals surface area contributed by atoms with E-state index in [-0.39, 0.29) is 11.2 Å². The second-order valence-electron chi connectivity index (χ2n) is 6.99. The molecule has 0 atom stereocenters. The summed E-state index contributed by atoms with van der Waals surface area (Å²) >= 11 is 0. The molecule has 0 unspecified atom stereocenters. The predicted molar refractivity (Wildman–Crippen MR) is 98.2 cm³/mol. The minimum Gasteiger partial charge on any atom is -0.361 e. The van der Waals surface area contributed by atoms with Gasteiger partial charge in [-0.1, -0.05) is 57.2 Å². The fourth-order valence-electron chi connectivity index (χ4n) is 2.33. The van der Waals surface area contributed by atoms with Gasteiger partial charge in [0.1, 0.15) is 0 Å². The van der Waals surface area contributed by atoms with Crippen LogP contribution in [0.1, 0.15) is 47.8 Å². The number of ketones is 1. The predicted octanol–water partition coefficient (Wildman–Crippen LogP) is 5.41. The van der Waals surface area contributed by atoms with Crippen LogP contribution < -0.4 is 5.32 Å². The molecule has 2 heteroatoms. The molecule has 23 heavy (non-hydrogen) atoms. The van der Waals surface area contributed by atoms with Crippen LogP contribution in [0.5, 0.6) is 0 Å². The van der Waals surface area contributed by atoms with Crippen LogP contribution in [0.15, 0.2) is 54.7 Å². The van der Waals surface area contributed by atoms with Crippen molar-refractivity contribution in [3.63, 3.8) is 0 Å². The van der Waals surface area contributed by atoms with Gasteiger partial charge in [0.05, 0.1) is 0 Å². The third-order valence-corrected chi connectivity index (χ3v) is 3.90. The summed E-state index contributed by atoms with van der Waals surface area (Å²) in [6.07, 6.45) is 3.29. The monoisotopic (exact) mass is 307 g/mol. The lowest BCUT2D eigenvalue weighted by Crippen LogP contribution is -2.11. The SMILES string of the molecule is Cc1ccc(C)c(N/C=C/C(=O)c2ccc(C(C)(C)C)cc2)c1. The highest BCUT2D eigenvalue weighted by Crippen LogP contribution is 2.22. The molecule has 2 rings (SSSR count). The van der Waals surface area contributed by atoms with Crippen LogP contribution in [0.2, 0.25) is 0 Å². The molecular weight excluding hydrogens is 282 g/mol. The van der Waals surface area contributed by atoms with Gasteiger partial charge >= 0.3 is 0 Å². The van der Waals surface area contributed by atoms with Gasteiger partial charge in [0.25, 0.3) is 0 Å². The van der Waals surface area contributed by atoms with Gasteiger partial charge in [0.2, 0.25) is 0 Å². The maximum atomic E-state index is 12.2. The Kier molecular flexibility index (Phi) is 5.05. The van der Waals surface area contributed by atoms with Crippen molar-refractivity contribution in [1.82, 2.24) is 0 Å². The summed E-state index contributed by atoms with van der Waals surface area (Å²) in [5.41, 5.74) is 5.40. The quantitative estimate of drug-likeness (QED) is 0.604. The molecule has 2 aromatic rings. The van der Waals surface area contributed by atoms with Crippen LogP contribution >= 0.6 is 0 Å². The Hall–Kier alpha value is -2.35. The average molecular weight is 307 g/mol. The van der Waals surface area contributed by atoms with E-state index < -0.39 is 0 Å². The van der Waals surface area contributed by atoms with Gasteiger partial charge in [-0.15, -0.1) is 0 Å². The normalized spacial score (nSPS) is 11.7. The average Bonchev–Trinajstić information content (AvgIpc) is 2.50. The lowest BCUT2D eigenvalue weighted by molar-refractivity contribution is 0.104. The van der Waals surface area contributed by atoms with Gasteiger partial charge in [0, 0.05) is 23.5 Å². The van der Waals surface area contributed by atoms with Crippen molar-refractivity contribution in [3.05, 3.63) is 77.0 Å². The lowest BCUT2D eigenvalue weighted by Gasteiger charge is -2.18. The number of rotatable bonds is 4. The van der Waals surface area contributed by atoms with E-state index in [4.69, 9.17) is 0 Å². The molecule has 1 N–H and O–H groups in total. The zero-order valence-corrected chi connectivity index (χ0v) is 14.6. The van der Waals surface area contributed by atoms with Gasteiger partial charge in [-0.2, -0.15) is 0 Å². The van der Waals surface area contributed by atoms with Gasteiger partial charge in [0.15, 0.2) is 5.78 Å². The highest BCUT2D eigenvalue weighted by atomic mass is 16.1. The molecule has 0 radical (unpaired) electrons. The van der Waals surface area contributed by atoms with Crippen LogP contribution in [-0.4, -0.2) is 5.78 Å². The van der Waals surface area contributed by atoms with E-state index in [1.165, 1.54) is 11.1 Å². The van der Waals surface area contributed by atoms with E-state index in [1.807, 2.05) is 31.2 Å². The zero-order valence-electron chi connectivity index (χ0n) is 14.6. The summed E-state index contributed by atoms with van der Waals surface area (Å²) in [7, 11) is 0. The van der Waals surface area contributed by atoms with Crippen molar-refractivity contribution >= 4 is 11.5 Å². The first kappa shape index (κ1) is 17.0. The van der Waals surface area contributed by atoms with E-state index in [2.05, 4.69) is 51.2 Å². The van der Waals surface area contributed by atoms with Crippen molar-refractivity contribution < 1.29 is 4.79 Å². The fraction of sp³-hybridized carbons (Fsp3) is 0.286. The molecule has 0 fully saturated rings. The smallest absolute Gasteiger partial charge is 0.187 e. The molecule has 0 heterocycles. The maximum Gasteiger partial charge on any atom is 0.187 e. The fourth-order valence-corrected chi connectivity index (χ4v) is 2.33. The first-order valence-corrected chi connectivity index (χ1v) is 7.92. The molecule has 2 nitrogen and oxygen atoms in total. The highest BCUT2D eigenvalue weighted by molar-refractivity contribution is 6.04. The minimum atomic E-state index is 0.00302. The Morgan fingerprint density at radius 1 is 1.00 bits per heavy atom. The van der Waals surface area contributed by atoms with Crippen LogP contribution in [0.3, 0.4) is 0 Å². The third kappa shape index (κ3) is 4.56. The summed E-state index contributed by atoms with van der Waals surface area (Å²) < 4.78 is 0. The number of hydrogen-bond acceptors (Lipinski definition) is 2. The number of allylic oxidation sites excluding steroid dienone is 1. The number of carbonyl (C=O) groups is 1. The Balaban J connectivity index is 2.05. The second kappa shape index (κ2) is 6.82. The number of hydrogen-bond donors (Lipinski definition) is 1. The molecule has 0 saturated carbocycles. The number of anilines is 1. The molecule has 2 aromatic carbocycles. The zero-order chi connectivity index (χ0) is 17.0. The summed E-state index contributed by atoms with van der Waals surface area (Å²) in [5, 5.41) is 3.19. The van der Waals surface area contributed by atoms with E-state index in [0.717, 1.165) is 11.3 Å². The standard InChI is InChI=1S/C21H25NO/c1-15-6-7-16(2)19(14-15)22-13-12-20(23)17-8-10-18(11-9-17)21(3,4)5/h6-14,22H,1-5H3/b13-12+. The summed E-state index contributed by atoms with van der Waals surface area (Å²) in [5.74, 6) is 0.00302. The molecule has 0 aliphatic heterocycles. The molecule has 0 bridgehead atoms. The molecular formula is C21H25NO. The lowest BCUT2D eigenvalue weighted by atomic mass is 9.86. The molecule has 120 valence electrons. The number of nitrogens with one attached hydrogen (secondary N) is 1. The van der Waals surface area contributed by atoms with Gasteiger partial charge in [-0.05, 0) is 42.0 Å². The molecule has 0 aliphatic rings. The van der Waals surface area contributed by atoms with E-state index in [9.17, 15) is 4.79 Å². The summed E-state index contributed by atoms with van der Waals surface area (Å²) in [4.78, 5) is 12.2. The first-order chi connectivity index (χ1) is 10.8. The van der Waals surface area contributed by atoms with Crippen molar-refractivity contribution in [1.29, 1.82) is 0 Å². The third-order valence-electron chi connectivity index (χ3n) is 3.90. The second-order valence-corrected chi connectivity index (χ2v) is 6.99. The van der Waals surface area contributed by atoms with Crippen LogP contribution in [-0.2, 0) is 5.41 Å². The molecule has 0 aromatic heterocycles. The van der Waals surface area contributed by atoms with E-state index >= 15 is 0 Å². The minimum absolute atomic E-state index is 0.00302. The Morgan fingerprint density at radius 3 is 2.26 bits per heavy atom. The van der Waals surface area contributed by atoms with Crippen LogP contribution in [0.4, 0.5) is 5.69 Å². The number of carbonyl (C=O) groups excluding carboxylic acids is 1. The van der Waals surface area contributed by atoms with E-state index in [1.54, 1.807) is 12.3 Å². The van der Waals surface area contributed by atoms with Gasteiger partial charge in [-0.3, -0.25) is 4.79 Å². The van der Waals surface area contributed by atoms with Gasteiger partial charge in [-0.25, -0.2) is 0 Å². The largest absolute Gasteiger partial charge is 0.361 e. The Bertz CT molecular complexity index is 718. The Labute approximate surface area is 139 Å². The Morgan fingerprint density at radius 2 is 1.65 bits per heavy atom.